The maximum Gasteiger partial charge on any atom is 0.416 e. The number of urea groups is 1. The van der Waals surface area contributed by atoms with Gasteiger partial charge >= 0.3 is 12.2 Å². The molecule has 10 heteroatoms. The summed E-state index contributed by atoms with van der Waals surface area (Å²) >= 11 is 1.58. The SMILES string of the molecule is CCOc1cccc2sc(N3CCN(C(=O)Nc4ccc(C(F)(F)F)cc4)CC3)nc12. The summed E-state index contributed by atoms with van der Waals surface area (Å²) in [4.78, 5) is 21.0. The molecule has 2 aromatic carbocycles. The first kappa shape index (κ1) is 21.2. The van der Waals surface area contributed by atoms with Crippen LogP contribution in [0.2, 0.25) is 0 Å². The van der Waals surface area contributed by atoms with E-state index in [1.807, 2.05) is 25.1 Å². The van der Waals surface area contributed by atoms with E-state index in [0.29, 0.717) is 38.5 Å². The number of fused-ring (bicyclic) bond motifs is 1. The zero-order valence-electron chi connectivity index (χ0n) is 16.8. The number of hydrogen-bond acceptors (Lipinski definition) is 5. The number of anilines is 2. The summed E-state index contributed by atoms with van der Waals surface area (Å²) in [7, 11) is 0. The van der Waals surface area contributed by atoms with E-state index in [0.717, 1.165) is 33.2 Å². The minimum Gasteiger partial charge on any atom is -0.492 e. The number of nitrogens with zero attached hydrogens (tertiary/aromatic N) is 3. The van der Waals surface area contributed by atoms with Crippen LogP contribution in [0.15, 0.2) is 42.5 Å². The first-order valence-electron chi connectivity index (χ1n) is 9.85. The van der Waals surface area contributed by atoms with Crippen LogP contribution in [0, 0.1) is 0 Å². The van der Waals surface area contributed by atoms with Gasteiger partial charge in [-0.15, -0.1) is 0 Å². The predicted molar refractivity (Wildman–Crippen MR) is 115 cm³/mol. The lowest BCUT2D eigenvalue weighted by molar-refractivity contribution is -0.137. The van der Waals surface area contributed by atoms with Crippen molar-refractivity contribution < 1.29 is 22.7 Å². The summed E-state index contributed by atoms with van der Waals surface area (Å²) in [5.41, 5.74) is 0.421. The number of para-hydroxylation sites is 1. The van der Waals surface area contributed by atoms with Gasteiger partial charge in [0, 0.05) is 31.9 Å². The molecule has 1 aliphatic rings. The van der Waals surface area contributed by atoms with E-state index in [4.69, 9.17) is 9.72 Å². The minimum atomic E-state index is -4.40. The van der Waals surface area contributed by atoms with E-state index in [1.54, 1.807) is 16.2 Å². The smallest absolute Gasteiger partial charge is 0.416 e. The zero-order valence-corrected chi connectivity index (χ0v) is 17.6. The molecule has 0 atom stereocenters. The third-order valence-corrected chi connectivity index (χ3v) is 6.05. The summed E-state index contributed by atoms with van der Waals surface area (Å²) in [5, 5.41) is 3.54. The number of ether oxygens (including phenoxy) is 1. The Morgan fingerprint density at radius 2 is 1.84 bits per heavy atom. The Hall–Kier alpha value is -3.01. The van der Waals surface area contributed by atoms with Crippen LogP contribution in [0.5, 0.6) is 5.75 Å². The molecule has 6 nitrogen and oxygen atoms in total. The Labute approximate surface area is 181 Å². The summed E-state index contributed by atoms with van der Waals surface area (Å²) in [6.07, 6.45) is -4.40. The molecule has 1 aliphatic heterocycles. The van der Waals surface area contributed by atoms with E-state index in [9.17, 15) is 18.0 Å². The van der Waals surface area contributed by atoms with Crippen molar-refractivity contribution in [1.82, 2.24) is 9.88 Å². The Bertz CT molecular complexity index is 1060. The van der Waals surface area contributed by atoms with Gasteiger partial charge in [-0.25, -0.2) is 9.78 Å². The van der Waals surface area contributed by atoms with Crippen molar-refractivity contribution in [1.29, 1.82) is 0 Å². The van der Waals surface area contributed by atoms with Gasteiger partial charge in [0.2, 0.25) is 0 Å². The molecular weight excluding hydrogens is 429 g/mol. The van der Waals surface area contributed by atoms with Gasteiger partial charge in [-0.3, -0.25) is 0 Å². The Morgan fingerprint density at radius 3 is 2.48 bits per heavy atom. The molecule has 0 aliphatic carbocycles. The Morgan fingerprint density at radius 1 is 1.13 bits per heavy atom. The summed E-state index contributed by atoms with van der Waals surface area (Å²) < 4.78 is 44.7. The maximum atomic E-state index is 12.7. The topological polar surface area (TPSA) is 57.7 Å². The van der Waals surface area contributed by atoms with Crippen LogP contribution in [-0.4, -0.2) is 48.7 Å². The number of aromatic nitrogens is 1. The lowest BCUT2D eigenvalue weighted by atomic mass is 10.2. The molecule has 2 amide bonds. The average molecular weight is 450 g/mol. The highest BCUT2D eigenvalue weighted by molar-refractivity contribution is 7.22. The van der Waals surface area contributed by atoms with E-state index in [-0.39, 0.29) is 6.03 Å². The van der Waals surface area contributed by atoms with E-state index < -0.39 is 11.7 Å². The number of amides is 2. The van der Waals surface area contributed by atoms with Crippen LogP contribution in [0.4, 0.5) is 28.8 Å². The monoisotopic (exact) mass is 450 g/mol. The van der Waals surface area contributed by atoms with Crippen molar-refractivity contribution in [2.24, 2.45) is 0 Å². The van der Waals surface area contributed by atoms with E-state index >= 15 is 0 Å². The number of alkyl halides is 3. The lowest BCUT2D eigenvalue weighted by Crippen LogP contribution is -2.50. The number of halogens is 3. The number of rotatable bonds is 4. The summed E-state index contributed by atoms with van der Waals surface area (Å²) in [5.74, 6) is 0.761. The van der Waals surface area contributed by atoms with E-state index in [2.05, 4.69) is 10.2 Å². The Kier molecular flexibility index (Phi) is 5.90. The van der Waals surface area contributed by atoms with Crippen LogP contribution in [0.25, 0.3) is 10.2 Å². The number of carbonyl (C=O) groups excluding carboxylic acids is 1. The quantitative estimate of drug-likeness (QED) is 0.603. The highest BCUT2D eigenvalue weighted by Gasteiger charge is 2.30. The van der Waals surface area contributed by atoms with Crippen molar-refractivity contribution in [3.05, 3.63) is 48.0 Å². The number of hydrogen-bond donors (Lipinski definition) is 1. The fraction of sp³-hybridized carbons (Fsp3) is 0.333. The zero-order chi connectivity index (χ0) is 22.0. The standard InChI is InChI=1S/C21H21F3N4O2S/c1-2-30-16-4-3-5-17-18(16)26-20(31-17)28-12-10-27(11-13-28)19(29)25-15-8-6-14(7-9-15)21(22,23)24/h3-9H,2,10-13H2,1H3,(H,25,29). The molecule has 0 saturated carbocycles. The average Bonchev–Trinajstić information content (AvgIpc) is 3.19. The van der Waals surface area contributed by atoms with Crippen molar-refractivity contribution >= 4 is 38.4 Å². The highest BCUT2D eigenvalue weighted by atomic mass is 32.1. The fourth-order valence-electron chi connectivity index (χ4n) is 3.36. The van der Waals surface area contributed by atoms with Crippen LogP contribution >= 0.6 is 11.3 Å². The second-order valence-corrected chi connectivity index (χ2v) is 8.02. The molecule has 4 rings (SSSR count). The van der Waals surface area contributed by atoms with Crippen LogP contribution in [-0.2, 0) is 6.18 Å². The van der Waals surface area contributed by atoms with Crippen molar-refractivity contribution in [2.75, 3.05) is 43.0 Å². The number of thiazole rings is 1. The van der Waals surface area contributed by atoms with Crippen LogP contribution in [0.1, 0.15) is 12.5 Å². The second kappa shape index (κ2) is 8.62. The molecule has 3 aromatic rings. The first-order chi connectivity index (χ1) is 14.8. The van der Waals surface area contributed by atoms with Gasteiger partial charge in [0.05, 0.1) is 16.9 Å². The van der Waals surface area contributed by atoms with Gasteiger partial charge in [-0.1, -0.05) is 17.4 Å². The molecule has 0 unspecified atom stereocenters. The third-order valence-electron chi connectivity index (χ3n) is 4.97. The van der Waals surface area contributed by atoms with Gasteiger partial charge in [0.1, 0.15) is 11.3 Å². The molecule has 0 bridgehead atoms. The molecule has 1 N–H and O–H groups in total. The van der Waals surface area contributed by atoms with E-state index in [1.165, 1.54) is 12.1 Å². The summed E-state index contributed by atoms with van der Waals surface area (Å²) in [6, 6.07) is 9.95. The third kappa shape index (κ3) is 4.68. The normalized spacial score (nSPS) is 14.7. The minimum absolute atomic E-state index is 0.329. The largest absolute Gasteiger partial charge is 0.492 e. The van der Waals surface area contributed by atoms with Gasteiger partial charge in [-0.2, -0.15) is 13.2 Å². The second-order valence-electron chi connectivity index (χ2n) is 7.01. The molecule has 1 saturated heterocycles. The predicted octanol–water partition coefficient (Wildman–Crippen LogP) is 5.07. The molecule has 31 heavy (non-hydrogen) atoms. The van der Waals surface area contributed by atoms with Crippen molar-refractivity contribution in [3.8, 4) is 5.75 Å². The lowest BCUT2D eigenvalue weighted by Gasteiger charge is -2.34. The van der Waals surface area contributed by atoms with Gasteiger partial charge < -0.3 is 19.9 Å². The molecule has 164 valence electrons. The van der Waals surface area contributed by atoms with Crippen LogP contribution < -0.4 is 15.0 Å². The molecule has 2 heterocycles. The maximum absolute atomic E-state index is 12.7. The Balaban J connectivity index is 1.37. The molecular formula is C21H21F3N4O2S. The summed E-state index contributed by atoms with van der Waals surface area (Å²) in [6.45, 7) is 4.70. The molecule has 0 radical (unpaired) electrons. The number of piperazine rings is 1. The number of benzene rings is 2. The van der Waals surface area contributed by atoms with Gasteiger partial charge in [0.25, 0.3) is 0 Å². The van der Waals surface area contributed by atoms with Gasteiger partial charge in [0.15, 0.2) is 5.13 Å². The van der Waals surface area contributed by atoms with Crippen LogP contribution in [0.3, 0.4) is 0 Å². The van der Waals surface area contributed by atoms with Gasteiger partial charge in [-0.05, 0) is 43.3 Å². The number of nitrogens with one attached hydrogen (secondary N) is 1. The molecule has 1 fully saturated rings. The number of carbonyl (C=O) groups is 1. The van der Waals surface area contributed by atoms with Crippen molar-refractivity contribution in [3.63, 3.8) is 0 Å². The molecule has 0 spiro atoms. The highest BCUT2D eigenvalue weighted by Crippen LogP contribution is 2.34. The molecule has 1 aromatic heterocycles. The first-order valence-corrected chi connectivity index (χ1v) is 10.7. The fourth-order valence-corrected chi connectivity index (χ4v) is 4.40. The van der Waals surface area contributed by atoms with Crippen molar-refractivity contribution in [2.45, 2.75) is 13.1 Å².